The summed E-state index contributed by atoms with van der Waals surface area (Å²) in [7, 11) is 0. The van der Waals surface area contributed by atoms with Gasteiger partial charge >= 0.3 is 0 Å². The van der Waals surface area contributed by atoms with Crippen molar-refractivity contribution in [1.82, 2.24) is 4.98 Å². The van der Waals surface area contributed by atoms with Crippen LogP contribution in [0.15, 0.2) is 46.4 Å². The van der Waals surface area contributed by atoms with Gasteiger partial charge in [-0.3, -0.25) is 4.98 Å². The van der Waals surface area contributed by atoms with Gasteiger partial charge in [0.2, 0.25) is 0 Å². The highest BCUT2D eigenvalue weighted by atomic mass is 79.9. The monoisotopic (exact) mass is 347 g/mol. The van der Waals surface area contributed by atoms with Gasteiger partial charge in [-0.25, -0.2) is 0 Å². The zero-order chi connectivity index (χ0) is 13.9. The fourth-order valence-electron chi connectivity index (χ4n) is 2.14. The van der Waals surface area contributed by atoms with Crippen molar-refractivity contribution < 1.29 is 0 Å². The van der Waals surface area contributed by atoms with Crippen molar-refractivity contribution in [1.29, 1.82) is 0 Å². The molecule has 3 N–H and O–H groups in total. The average Bonchev–Trinajstić information content (AvgIpc) is 2.87. The Hall–Kier alpha value is -1.59. The SMILES string of the molecule is Nc1c(NCCc2ccc(Br)s2)ccc2ncccc12. The standard InChI is InChI=1S/C15H14BrN3S/c16-14-6-3-10(20-14)7-9-19-13-5-4-12-11(15(13)17)2-1-8-18-12/h1-6,8,19H,7,9,17H2. The molecule has 2 aromatic heterocycles. The van der Waals surface area contributed by atoms with E-state index in [0.29, 0.717) is 0 Å². The molecular weight excluding hydrogens is 334 g/mol. The Labute approximate surface area is 130 Å². The molecular formula is C15H14BrN3S. The molecule has 0 fully saturated rings. The number of nitrogens with two attached hydrogens (primary N) is 1. The summed E-state index contributed by atoms with van der Waals surface area (Å²) in [6.45, 7) is 0.864. The lowest BCUT2D eigenvalue weighted by molar-refractivity contribution is 1.05. The van der Waals surface area contributed by atoms with E-state index in [-0.39, 0.29) is 0 Å². The lowest BCUT2D eigenvalue weighted by atomic mass is 10.1. The Morgan fingerprint density at radius 3 is 2.90 bits per heavy atom. The Morgan fingerprint density at radius 2 is 2.10 bits per heavy atom. The molecule has 20 heavy (non-hydrogen) atoms. The zero-order valence-electron chi connectivity index (χ0n) is 10.8. The molecule has 0 saturated carbocycles. The molecule has 0 atom stereocenters. The van der Waals surface area contributed by atoms with Gasteiger partial charge in [-0.1, -0.05) is 0 Å². The number of pyridine rings is 1. The van der Waals surface area contributed by atoms with Gasteiger partial charge in [0.1, 0.15) is 0 Å². The van der Waals surface area contributed by atoms with Gasteiger partial charge in [0, 0.05) is 23.0 Å². The molecule has 0 aliphatic heterocycles. The summed E-state index contributed by atoms with van der Waals surface area (Å²) in [6.07, 6.45) is 2.77. The maximum Gasteiger partial charge on any atom is 0.0724 e. The molecule has 0 unspecified atom stereocenters. The Morgan fingerprint density at radius 1 is 1.20 bits per heavy atom. The molecule has 0 aliphatic rings. The highest BCUT2D eigenvalue weighted by Gasteiger charge is 2.04. The number of hydrogen-bond acceptors (Lipinski definition) is 4. The van der Waals surface area contributed by atoms with Crippen LogP contribution >= 0.6 is 27.3 Å². The van der Waals surface area contributed by atoms with E-state index in [1.165, 1.54) is 8.66 Å². The van der Waals surface area contributed by atoms with Gasteiger partial charge in [0.15, 0.2) is 0 Å². The van der Waals surface area contributed by atoms with E-state index in [4.69, 9.17) is 5.73 Å². The number of anilines is 2. The molecule has 5 heteroatoms. The number of nitrogens with zero attached hydrogens (tertiary/aromatic N) is 1. The number of thiophene rings is 1. The summed E-state index contributed by atoms with van der Waals surface area (Å²) in [5.74, 6) is 0. The second-order valence-corrected chi connectivity index (χ2v) is 7.03. The minimum atomic E-state index is 0.767. The first-order chi connectivity index (χ1) is 9.74. The van der Waals surface area contributed by atoms with E-state index >= 15 is 0 Å². The minimum Gasteiger partial charge on any atom is -0.397 e. The number of aromatic nitrogens is 1. The molecule has 3 rings (SSSR count). The predicted octanol–water partition coefficient (Wildman–Crippen LogP) is 4.30. The quantitative estimate of drug-likeness (QED) is 0.692. The van der Waals surface area contributed by atoms with Crippen LogP contribution in [0.25, 0.3) is 10.9 Å². The van der Waals surface area contributed by atoms with Crippen LogP contribution in [-0.2, 0) is 6.42 Å². The van der Waals surface area contributed by atoms with Gasteiger partial charge < -0.3 is 11.1 Å². The number of nitrogen functional groups attached to an aromatic ring is 1. The van der Waals surface area contributed by atoms with Crippen molar-refractivity contribution >= 4 is 49.5 Å². The summed E-state index contributed by atoms with van der Waals surface area (Å²) < 4.78 is 1.17. The van der Waals surface area contributed by atoms with Crippen LogP contribution in [0.4, 0.5) is 11.4 Å². The maximum absolute atomic E-state index is 6.20. The maximum atomic E-state index is 6.20. The van der Waals surface area contributed by atoms with Crippen molar-refractivity contribution in [3.05, 3.63) is 51.3 Å². The van der Waals surface area contributed by atoms with Crippen LogP contribution in [0.1, 0.15) is 4.88 Å². The van der Waals surface area contributed by atoms with Crippen LogP contribution in [0.3, 0.4) is 0 Å². The summed E-state index contributed by atoms with van der Waals surface area (Å²) >= 11 is 5.24. The van der Waals surface area contributed by atoms with Crippen LogP contribution < -0.4 is 11.1 Å². The number of halogens is 1. The van der Waals surface area contributed by atoms with E-state index < -0.39 is 0 Å². The van der Waals surface area contributed by atoms with Gasteiger partial charge in [0.05, 0.1) is 20.7 Å². The van der Waals surface area contributed by atoms with Crippen molar-refractivity contribution in [2.75, 3.05) is 17.6 Å². The first-order valence-corrected chi connectivity index (χ1v) is 7.96. The Balaban J connectivity index is 1.73. The summed E-state index contributed by atoms with van der Waals surface area (Å²) in [5, 5.41) is 4.40. The van der Waals surface area contributed by atoms with E-state index in [9.17, 15) is 0 Å². The van der Waals surface area contributed by atoms with Gasteiger partial charge in [-0.2, -0.15) is 0 Å². The lowest BCUT2D eigenvalue weighted by Crippen LogP contribution is -2.06. The van der Waals surface area contributed by atoms with Crippen LogP contribution in [0.5, 0.6) is 0 Å². The van der Waals surface area contributed by atoms with E-state index in [1.807, 2.05) is 24.3 Å². The fourth-order valence-corrected chi connectivity index (χ4v) is 3.62. The topological polar surface area (TPSA) is 50.9 Å². The summed E-state index contributed by atoms with van der Waals surface area (Å²) in [6, 6.07) is 12.1. The van der Waals surface area contributed by atoms with Crippen LogP contribution in [0.2, 0.25) is 0 Å². The first kappa shape index (κ1) is 13.4. The largest absolute Gasteiger partial charge is 0.397 e. The second kappa shape index (κ2) is 5.81. The predicted molar refractivity (Wildman–Crippen MR) is 90.4 cm³/mol. The zero-order valence-corrected chi connectivity index (χ0v) is 13.2. The van der Waals surface area contributed by atoms with Gasteiger partial charge in [-0.15, -0.1) is 11.3 Å². The Kier molecular flexibility index (Phi) is 3.89. The number of fused-ring (bicyclic) bond motifs is 1. The molecule has 0 spiro atoms. The molecule has 1 aromatic carbocycles. The number of hydrogen-bond donors (Lipinski definition) is 2. The molecule has 3 aromatic rings. The highest BCUT2D eigenvalue weighted by Crippen LogP contribution is 2.27. The molecule has 0 amide bonds. The second-order valence-electron chi connectivity index (χ2n) is 4.48. The summed E-state index contributed by atoms with van der Waals surface area (Å²) in [4.78, 5) is 5.65. The van der Waals surface area contributed by atoms with Crippen molar-refractivity contribution in [3.8, 4) is 0 Å². The fraction of sp³-hybridized carbons (Fsp3) is 0.133. The van der Waals surface area contributed by atoms with Gasteiger partial charge in [0.25, 0.3) is 0 Å². The average molecular weight is 348 g/mol. The van der Waals surface area contributed by atoms with Crippen LogP contribution in [0, 0.1) is 0 Å². The minimum absolute atomic E-state index is 0.767. The van der Waals surface area contributed by atoms with E-state index in [0.717, 1.165) is 35.2 Å². The highest BCUT2D eigenvalue weighted by molar-refractivity contribution is 9.11. The smallest absolute Gasteiger partial charge is 0.0724 e. The molecule has 0 bridgehead atoms. The number of benzene rings is 1. The van der Waals surface area contributed by atoms with E-state index in [1.54, 1.807) is 17.5 Å². The molecule has 3 nitrogen and oxygen atoms in total. The first-order valence-electron chi connectivity index (χ1n) is 6.35. The molecule has 0 saturated heterocycles. The molecule has 0 aliphatic carbocycles. The van der Waals surface area contributed by atoms with E-state index in [2.05, 4.69) is 38.4 Å². The molecule has 2 heterocycles. The third kappa shape index (κ3) is 2.78. The van der Waals surface area contributed by atoms with Crippen molar-refractivity contribution in [2.24, 2.45) is 0 Å². The third-order valence-corrected chi connectivity index (χ3v) is 4.83. The molecule has 0 radical (unpaired) electrons. The third-order valence-electron chi connectivity index (χ3n) is 3.14. The van der Waals surface area contributed by atoms with Crippen molar-refractivity contribution in [2.45, 2.75) is 6.42 Å². The molecule has 102 valence electrons. The number of nitrogens with one attached hydrogen (secondary N) is 1. The summed E-state index contributed by atoms with van der Waals surface area (Å²) in [5.41, 5.74) is 8.86. The van der Waals surface area contributed by atoms with Crippen LogP contribution in [-0.4, -0.2) is 11.5 Å². The van der Waals surface area contributed by atoms with Crippen molar-refractivity contribution in [3.63, 3.8) is 0 Å². The van der Waals surface area contributed by atoms with Gasteiger partial charge in [-0.05, 0) is 58.7 Å². The Bertz CT molecular complexity index is 739. The number of rotatable bonds is 4. The lowest BCUT2D eigenvalue weighted by Gasteiger charge is -2.10. The normalized spacial score (nSPS) is 10.8.